The zero-order valence-corrected chi connectivity index (χ0v) is 19.6. The van der Waals surface area contributed by atoms with E-state index in [1.807, 2.05) is 6.07 Å². The third kappa shape index (κ3) is 3.81. The van der Waals surface area contributed by atoms with Crippen LogP contribution in [0, 0.1) is 11.3 Å². The molecule has 0 fully saturated rings. The lowest BCUT2D eigenvalue weighted by Crippen LogP contribution is -2.06. The largest absolute Gasteiger partial charge is 0.465 e. The first kappa shape index (κ1) is 20.8. The molecule has 2 aromatic carbocycles. The van der Waals surface area contributed by atoms with Gasteiger partial charge in [-0.1, -0.05) is 87.0 Å². The fourth-order valence-electron chi connectivity index (χ4n) is 5.21. The van der Waals surface area contributed by atoms with Crippen LogP contribution in [0.5, 0.6) is 0 Å². The third-order valence-corrected chi connectivity index (χ3v) is 7.06. The van der Waals surface area contributed by atoms with Gasteiger partial charge in [-0.05, 0) is 77.1 Å². The summed E-state index contributed by atoms with van der Waals surface area (Å²) in [5, 5.41) is 0. The van der Waals surface area contributed by atoms with Crippen molar-refractivity contribution in [3.63, 3.8) is 0 Å². The number of rotatable bonds is 5. The van der Waals surface area contributed by atoms with Gasteiger partial charge >= 0.3 is 0 Å². The van der Waals surface area contributed by atoms with Crippen LogP contribution in [0.2, 0.25) is 0 Å². The SMILES string of the molecule is CC1=CC(C(C)(C)C)=CC1CCC1C(c2ccco2)=Cc2c(-c3ccccc3)cccc21. The van der Waals surface area contributed by atoms with Crippen LogP contribution >= 0.6 is 0 Å². The summed E-state index contributed by atoms with van der Waals surface area (Å²) in [4.78, 5) is 0. The molecule has 2 aliphatic rings. The second kappa shape index (κ2) is 8.13. The van der Waals surface area contributed by atoms with E-state index in [0.29, 0.717) is 11.8 Å². The fourth-order valence-corrected chi connectivity index (χ4v) is 5.21. The van der Waals surface area contributed by atoms with Crippen LogP contribution in [0.1, 0.15) is 63.3 Å². The fraction of sp³-hybridized carbons (Fsp3) is 0.290. The maximum Gasteiger partial charge on any atom is 0.130 e. The first-order valence-electron chi connectivity index (χ1n) is 11.8. The molecule has 1 nitrogen and oxygen atoms in total. The highest BCUT2D eigenvalue weighted by molar-refractivity contribution is 5.95. The summed E-state index contributed by atoms with van der Waals surface area (Å²) in [6.07, 6.45) is 11.3. The highest BCUT2D eigenvalue weighted by Crippen LogP contribution is 2.49. The summed E-state index contributed by atoms with van der Waals surface area (Å²) >= 11 is 0. The molecule has 0 N–H and O–H groups in total. The van der Waals surface area contributed by atoms with Gasteiger partial charge in [0.25, 0.3) is 0 Å². The van der Waals surface area contributed by atoms with Crippen molar-refractivity contribution in [2.24, 2.45) is 11.3 Å². The Kier molecular flexibility index (Phi) is 5.29. The smallest absolute Gasteiger partial charge is 0.130 e. The molecule has 0 spiro atoms. The molecular formula is C31H32O. The molecule has 0 saturated heterocycles. The van der Waals surface area contributed by atoms with Crippen LogP contribution in [0.25, 0.3) is 22.8 Å². The second-order valence-electron chi connectivity index (χ2n) is 10.2. The number of hydrogen-bond donors (Lipinski definition) is 0. The van der Waals surface area contributed by atoms with Crippen molar-refractivity contribution in [1.82, 2.24) is 0 Å². The summed E-state index contributed by atoms with van der Waals surface area (Å²) in [6, 6.07) is 21.6. The van der Waals surface area contributed by atoms with E-state index >= 15 is 0 Å². The van der Waals surface area contributed by atoms with Gasteiger partial charge in [-0.2, -0.15) is 0 Å². The van der Waals surface area contributed by atoms with Crippen LogP contribution < -0.4 is 0 Å². The first-order valence-corrected chi connectivity index (χ1v) is 11.8. The second-order valence-corrected chi connectivity index (χ2v) is 10.2. The lowest BCUT2D eigenvalue weighted by molar-refractivity contribution is 0.513. The number of hydrogen-bond acceptors (Lipinski definition) is 1. The van der Waals surface area contributed by atoms with Crippen LogP contribution in [-0.4, -0.2) is 0 Å². The molecule has 0 saturated carbocycles. The average Bonchev–Trinajstić information content (AvgIpc) is 3.51. The molecule has 0 amide bonds. The highest BCUT2D eigenvalue weighted by atomic mass is 16.3. The van der Waals surface area contributed by atoms with E-state index in [4.69, 9.17) is 4.42 Å². The minimum absolute atomic E-state index is 0.208. The van der Waals surface area contributed by atoms with Crippen molar-refractivity contribution in [3.8, 4) is 11.1 Å². The Morgan fingerprint density at radius 1 is 0.844 bits per heavy atom. The van der Waals surface area contributed by atoms with Crippen LogP contribution in [0.15, 0.2) is 94.6 Å². The number of allylic oxidation sites excluding steroid dienone is 5. The molecule has 2 unspecified atom stereocenters. The van der Waals surface area contributed by atoms with Gasteiger partial charge in [-0.3, -0.25) is 0 Å². The van der Waals surface area contributed by atoms with E-state index in [0.717, 1.165) is 18.6 Å². The average molecular weight is 421 g/mol. The van der Waals surface area contributed by atoms with Crippen LogP contribution in [0.3, 0.4) is 0 Å². The number of benzene rings is 2. The third-order valence-electron chi connectivity index (χ3n) is 7.06. The predicted octanol–water partition coefficient (Wildman–Crippen LogP) is 8.91. The number of furan rings is 1. The van der Waals surface area contributed by atoms with Gasteiger partial charge in [0.2, 0.25) is 0 Å². The monoisotopic (exact) mass is 420 g/mol. The van der Waals surface area contributed by atoms with E-state index in [9.17, 15) is 0 Å². The Labute approximate surface area is 192 Å². The molecule has 3 aromatic rings. The quantitative estimate of drug-likeness (QED) is 0.401. The van der Waals surface area contributed by atoms with Crippen LogP contribution in [0.4, 0.5) is 0 Å². The zero-order valence-electron chi connectivity index (χ0n) is 19.6. The van der Waals surface area contributed by atoms with Gasteiger partial charge in [0.1, 0.15) is 5.76 Å². The molecule has 0 radical (unpaired) electrons. The van der Waals surface area contributed by atoms with Gasteiger partial charge in [0.05, 0.1) is 6.26 Å². The topological polar surface area (TPSA) is 13.1 Å². The molecule has 5 rings (SSSR count). The summed E-state index contributed by atoms with van der Waals surface area (Å²) in [6.45, 7) is 9.21. The maximum absolute atomic E-state index is 5.89. The van der Waals surface area contributed by atoms with E-state index in [1.165, 1.54) is 39.0 Å². The van der Waals surface area contributed by atoms with E-state index in [2.05, 4.69) is 101 Å². The van der Waals surface area contributed by atoms with Crippen molar-refractivity contribution in [2.45, 2.75) is 46.5 Å². The van der Waals surface area contributed by atoms with Gasteiger partial charge in [-0.25, -0.2) is 0 Å². The summed E-state index contributed by atoms with van der Waals surface area (Å²) < 4.78 is 5.89. The molecule has 0 aliphatic heterocycles. The minimum atomic E-state index is 0.208. The van der Waals surface area contributed by atoms with Crippen LogP contribution in [-0.2, 0) is 0 Å². The van der Waals surface area contributed by atoms with Crippen molar-refractivity contribution < 1.29 is 4.42 Å². The van der Waals surface area contributed by atoms with Crippen molar-refractivity contribution >= 4 is 11.6 Å². The van der Waals surface area contributed by atoms with Gasteiger partial charge in [0, 0.05) is 11.5 Å². The summed E-state index contributed by atoms with van der Waals surface area (Å²) in [5.41, 5.74) is 9.84. The number of fused-ring (bicyclic) bond motifs is 1. The lowest BCUT2D eigenvalue weighted by Gasteiger charge is -2.20. The van der Waals surface area contributed by atoms with Gasteiger partial charge < -0.3 is 4.42 Å². The molecule has 1 heterocycles. The van der Waals surface area contributed by atoms with Crippen molar-refractivity contribution in [2.75, 3.05) is 0 Å². The van der Waals surface area contributed by atoms with E-state index in [-0.39, 0.29) is 5.41 Å². The lowest BCUT2D eigenvalue weighted by atomic mass is 9.84. The zero-order chi connectivity index (χ0) is 22.3. The van der Waals surface area contributed by atoms with Crippen molar-refractivity contribution in [3.05, 3.63) is 107 Å². The Morgan fingerprint density at radius 3 is 2.34 bits per heavy atom. The maximum atomic E-state index is 5.89. The molecular weight excluding hydrogens is 388 g/mol. The minimum Gasteiger partial charge on any atom is -0.465 e. The molecule has 1 heteroatoms. The molecule has 32 heavy (non-hydrogen) atoms. The van der Waals surface area contributed by atoms with E-state index < -0.39 is 0 Å². The summed E-state index contributed by atoms with van der Waals surface area (Å²) in [7, 11) is 0. The van der Waals surface area contributed by atoms with Gasteiger partial charge in [0.15, 0.2) is 0 Å². The molecule has 0 bridgehead atoms. The summed E-state index contributed by atoms with van der Waals surface area (Å²) in [5.74, 6) is 1.89. The molecule has 2 atom stereocenters. The first-order chi connectivity index (χ1) is 15.4. The van der Waals surface area contributed by atoms with Crippen molar-refractivity contribution in [1.29, 1.82) is 0 Å². The normalized spacial score (nSPS) is 20.1. The molecule has 2 aliphatic carbocycles. The van der Waals surface area contributed by atoms with E-state index in [1.54, 1.807) is 6.26 Å². The molecule has 162 valence electrons. The Morgan fingerprint density at radius 2 is 1.66 bits per heavy atom. The predicted molar refractivity (Wildman–Crippen MR) is 135 cm³/mol. The molecule has 1 aromatic heterocycles. The highest BCUT2D eigenvalue weighted by Gasteiger charge is 2.31. The Hall–Kier alpha value is -3.06. The van der Waals surface area contributed by atoms with Gasteiger partial charge in [-0.15, -0.1) is 0 Å². The Balaban J connectivity index is 1.49. The standard InChI is InChI=1S/C31H32O/c1-21-18-24(31(2,3)4)19-23(21)15-16-27-26-13-8-12-25(22-10-6-5-7-11-22)28(26)20-29(27)30-14-9-17-32-30/h5-14,17-20,23,27H,15-16H2,1-4H3. The Bertz CT molecular complexity index is 1200.